The maximum atomic E-state index is 17.0. The normalized spacial score (nSPS) is 11.2. The van der Waals surface area contributed by atoms with Gasteiger partial charge in [0.2, 0.25) is 0 Å². The lowest BCUT2D eigenvalue weighted by atomic mass is 9.99. The van der Waals surface area contributed by atoms with Gasteiger partial charge in [-0.1, -0.05) is 40.2 Å². The third-order valence-electron chi connectivity index (χ3n) is 10.9. The van der Waals surface area contributed by atoms with Gasteiger partial charge in [-0.15, -0.1) is 0 Å². The van der Waals surface area contributed by atoms with Gasteiger partial charge in [0, 0.05) is 88.0 Å². The van der Waals surface area contributed by atoms with Crippen molar-refractivity contribution in [1.82, 2.24) is 19.1 Å². The van der Waals surface area contributed by atoms with E-state index in [0.717, 1.165) is 24.3 Å². The molecule has 0 fully saturated rings. The molecule has 18 heteroatoms. The highest BCUT2D eigenvalue weighted by atomic mass is 79.9. The quantitative estimate of drug-likeness (QED) is 0.104. The maximum Gasteiger partial charge on any atom is 0.346 e. The summed E-state index contributed by atoms with van der Waals surface area (Å²) in [6.45, 7) is 5.57. The van der Waals surface area contributed by atoms with E-state index in [4.69, 9.17) is 5.73 Å². The fraction of sp³-hybridized carbons (Fsp3) is 0.125. The summed E-state index contributed by atoms with van der Waals surface area (Å²) in [5, 5.41) is 10.3. The standard InChI is InChI=1S/C48H40BrF3N10O4/c1-5-59-39-22-43(53)55-24-27(39)17-35(46(59)64)33-20-42(38(52)21-36(33)49)62(47(65)57-30-12-8-7-9-13-30)61(48(66)58-31-14-10-11-29(50)18-31)41-19-32(26(3)15-37(41)51)34-16-28-25-56-44(54-4)23-40(28)60(6-2)45(34)63/h7-25H,5-6H2,1-4H3,(H2,53,55)(H,54,56)(H,57,65)(H,58,66). The van der Waals surface area contributed by atoms with Gasteiger partial charge in [-0.05, 0) is 98.6 Å². The SMILES string of the molecule is CCn1c(=O)c(-c2cc(N(C(=O)Nc3cccc(F)c3)N(C(=O)Nc3ccccc3)c3cc(-c4cc5cnc(N)cc5n(CC)c4=O)c(Br)cc3F)c(F)cc2C)cc2cnc(NC)cc21. The van der Waals surface area contributed by atoms with Crippen LogP contribution in [-0.2, 0) is 13.1 Å². The number of benzene rings is 4. The van der Waals surface area contributed by atoms with Crippen molar-refractivity contribution in [1.29, 1.82) is 0 Å². The summed E-state index contributed by atoms with van der Waals surface area (Å²) in [5.74, 6) is -2.18. The number of nitrogens with zero attached hydrogens (tertiary/aromatic N) is 6. The number of carbonyl (C=O) groups is 2. The smallest absolute Gasteiger partial charge is 0.346 e. The van der Waals surface area contributed by atoms with Crippen LogP contribution in [0.5, 0.6) is 0 Å². The van der Waals surface area contributed by atoms with E-state index in [2.05, 4.69) is 41.8 Å². The van der Waals surface area contributed by atoms with Crippen molar-refractivity contribution in [2.75, 3.05) is 38.7 Å². The molecule has 0 saturated carbocycles. The first-order chi connectivity index (χ1) is 31.7. The Bertz CT molecular complexity index is 3370. The van der Waals surface area contributed by atoms with Crippen molar-refractivity contribution >= 4 is 84.2 Å². The largest absolute Gasteiger partial charge is 0.384 e. The molecule has 14 nitrogen and oxygen atoms in total. The molecular weight excluding hydrogens is 917 g/mol. The highest BCUT2D eigenvalue weighted by Gasteiger charge is 2.35. The van der Waals surface area contributed by atoms with E-state index >= 15 is 8.78 Å². The Balaban J connectivity index is 1.41. The highest BCUT2D eigenvalue weighted by molar-refractivity contribution is 9.10. The molecule has 4 amide bonds. The molecule has 4 heterocycles. The van der Waals surface area contributed by atoms with Crippen LogP contribution in [0.3, 0.4) is 0 Å². The molecule has 0 aliphatic heterocycles. The lowest BCUT2D eigenvalue weighted by Gasteiger charge is -2.35. The van der Waals surface area contributed by atoms with Gasteiger partial charge < -0.3 is 30.8 Å². The number of para-hydroxylation sites is 1. The molecule has 4 aromatic heterocycles. The fourth-order valence-corrected chi connectivity index (χ4v) is 8.32. The van der Waals surface area contributed by atoms with Crippen LogP contribution in [-0.4, -0.2) is 38.2 Å². The van der Waals surface area contributed by atoms with Crippen molar-refractivity contribution in [3.05, 3.63) is 164 Å². The highest BCUT2D eigenvalue weighted by Crippen LogP contribution is 2.39. The van der Waals surface area contributed by atoms with Crippen molar-refractivity contribution in [2.45, 2.75) is 33.9 Å². The fourth-order valence-electron chi connectivity index (χ4n) is 7.79. The van der Waals surface area contributed by atoms with E-state index in [9.17, 15) is 23.6 Å². The van der Waals surface area contributed by atoms with E-state index in [1.165, 1.54) is 57.8 Å². The Kier molecular flexibility index (Phi) is 12.3. The number of urea groups is 2. The Morgan fingerprint density at radius 2 is 1.21 bits per heavy atom. The van der Waals surface area contributed by atoms with E-state index in [0.29, 0.717) is 37.6 Å². The number of pyridine rings is 4. The zero-order valence-corrected chi connectivity index (χ0v) is 37.4. The van der Waals surface area contributed by atoms with Crippen LogP contribution >= 0.6 is 15.9 Å². The lowest BCUT2D eigenvalue weighted by molar-refractivity contribution is 0.248. The first kappa shape index (κ1) is 44.6. The number of carbonyl (C=O) groups excluding carboxylic acids is 2. The summed E-state index contributed by atoms with van der Waals surface area (Å²) >= 11 is 3.40. The molecule has 5 N–H and O–H groups in total. The summed E-state index contributed by atoms with van der Waals surface area (Å²) in [4.78, 5) is 67.1. The number of rotatable bonds is 9. The number of amides is 4. The minimum Gasteiger partial charge on any atom is -0.384 e. The number of aromatic nitrogens is 4. The average Bonchev–Trinajstić information content (AvgIpc) is 3.29. The summed E-state index contributed by atoms with van der Waals surface area (Å²) in [6, 6.07) is 21.3. The Morgan fingerprint density at radius 3 is 1.82 bits per heavy atom. The number of nitrogens with one attached hydrogen (secondary N) is 3. The zero-order valence-electron chi connectivity index (χ0n) is 35.8. The summed E-state index contributed by atoms with van der Waals surface area (Å²) in [6.07, 6.45) is 3.06. The predicted molar refractivity (Wildman–Crippen MR) is 256 cm³/mol. The number of hydrogen-bond donors (Lipinski definition) is 4. The van der Waals surface area contributed by atoms with Crippen molar-refractivity contribution in [2.24, 2.45) is 0 Å². The summed E-state index contributed by atoms with van der Waals surface area (Å²) in [5.41, 5.74) is 5.60. The van der Waals surface area contributed by atoms with Crippen LogP contribution < -0.4 is 42.8 Å². The van der Waals surface area contributed by atoms with Crippen molar-refractivity contribution in [3.63, 3.8) is 0 Å². The topological polar surface area (TPSA) is 173 Å². The number of halogens is 4. The zero-order chi connectivity index (χ0) is 47.0. The second-order valence-electron chi connectivity index (χ2n) is 15.0. The van der Waals surface area contributed by atoms with Crippen LogP contribution in [0.15, 0.2) is 130 Å². The molecule has 8 rings (SSSR count). The molecule has 0 saturated heterocycles. The summed E-state index contributed by atoms with van der Waals surface area (Å²) in [7, 11) is 1.70. The molecule has 0 atom stereocenters. The maximum absolute atomic E-state index is 17.0. The molecular formula is C48H40BrF3N10O4. The first-order valence-corrected chi connectivity index (χ1v) is 21.3. The van der Waals surface area contributed by atoms with Crippen LogP contribution in [0.25, 0.3) is 44.1 Å². The molecule has 0 aliphatic carbocycles. The molecule has 66 heavy (non-hydrogen) atoms. The van der Waals surface area contributed by atoms with Crippen LogP contribution in [0, 0.1) is 24.4 Å². The molecule has 0 spiro atoms. The predicted octanol–water partition coefficient (Wildman–Crippen LogP) is 10.3. The van der Waals surface area contributed by atoms with E-state index in [-0.39, 0.29) is 62.6 Å². The molecule has 0 aliphatic rings. The first-order valence-electron chi connectivity index (χ1n) is 20.5. The van der Waals surface area contributed by atoms with Gasteiger partial charge in [0.1, 0.15) is 40.5 Å². The molecule has 0 unspecified atom stereocenters. The van der Waals surface area contributed by atoms with Gasteiger partial charge in [0.25, 0.3) is 11.1 Å². The summed E-state index contributed by atoms with van der Waals surface area (Å²) < 4.78 is 51.7. The second kappa shape index (κ2) is 18.2. The van der Waals surface area contributed by atoms with Crippen LogP contribution in [0.1, 0.15) is 19.4 Å². The number of anilines is 6. The van der Waals surface area contributed by atoms with Crippen molar-refractivity contribution in [3.8, 4) is 22.3 Å². The van der Waals surface area contributed by atoms with E-state index < -0.39 is 52.0 Å². The number of nitrogens with two attached hydrogens (primary N) is 1. The molecule has 334 valence electrons. The third kappa shape index (κ3) is 8.40. The number of hydrazine groups is 1. The van der Waals surface area contributed by atoms with Gasteiger partial charge in [-0.25, -0.2) is 32.7 Å². The average molecular weight is 958 g/mol. The third-order valence-corrected chi connectivity index (χ3v) is 11.6. The second-order valence-corrected chi connectivity index (χ2v) is 15.9. The van der Waals surface area contributed by atoms with Crippen molar-refractivity contribution < 1.29 is 22.8 Å². The molecule has 8 aromatic rings. The van der Waals surface area contributed by atoms with E-state index in [1.54, 1.807) is 70.4 Å². The Hall–Kier alpha value is -7.99. The Labute approximate surface area is 383 Å². The number of fused-ring (bicyclic) bond motifs is 2. The lowest BCUT2D eigenvalue weighted by Crippen LogP contribution is -2.54. The number of nitrogen functional groups attached to an aromatic ring is 1. The number of hydrogen-bond acceptors (Lipinski definition) is 8. The Morgan fingerprint density at radius 1 is 0.667 bits per heavy atom. The van der Waals surface area contributed by atoms with E-state index in [1.807, 2.05) is 0 Å². The molecule has 0 bridgehead atoms. The van der Waals surface area contributed by atoms with Crippen LogP contribution in [0.4, 0.5) is 57.1 Å². The van der Waals surface area contributed by atoms with Crippen LogP contribution in [0.2, 0.25) is 0 Å². The van der Waals surface area contributed by atoms with Gasteiger partial charge in [-0.2, -0.15) is 10.0 Å². The number of aryl methyl sites for hydroxylation is 3. The van der Waals surface area contributed by atoms with Gasteiger partial charge in [0.05, 0.1) is 11.0 Å². The van der Waals surface area contributed by atoms with Gasteiger partial charge in [0.15, 0.2) is 0 Å². The monoisotopic (exact) mass is 956 g/mol. The minimum absolute atomic E-state index is 0.0480. The molecule has 0 radical (unpaired) electrons. The van der Waals surface area contributed by atoms with Gasteiger partial charge >= 0.3 is 12.1 Å². The minimum atomic E-state index is -1.25. The molecule has 4 aromatic carbocycles. The van der Waals surface area contributed by atoms with Gasteiger partial charge in [-0.3, -0.25) is 9.59 Å².